The number of likely N-dealkylation sites (tertiary alicyclic amines) is 1. The van der Waals surface area contributed by atoms with Gasteiger partial charge >= 0.3 is 5.97 Å². The summed E-state index contributed by atoms with van der Waals surface area (Å²) < 4.78 is 13.7. The van der Waals surface area contributed by atoms with E-state index in [1.165, 1.54) is 0 Å². The van der Waals surface area contributed by atoms with Crippen molar-refractivity contribution in [2.45, 2.75) is 26.3 Å². The first-order valence-electron chi connectivity index (χ1n) is 10.3. The molecule has 0 spiro atoms. The number of piperidine rings is 1. The second-order valence-electron chi connectivity index (χ2n) is 7.48. The van der Waals surface area contributed by atoms with Gasteiger partial charge in [-0.25, -0.2) is 0 Å². The maximum Gasteiger partial charge on any atom is 0.310 e. The fourth-order valence-electron chi connectivity index (χ4n) is 4.05. The Hall–Kier alpha value is -2.80. The maximum absolute atomic E-state index is 13.5. The van der Waals surface area contributed by atoms with Crippen LogP contribution in [0.25, 0.3) is 10.2 Å². The molecule has 1 aromatic carbocycles. The third kappa shape index (κ3) is 4.07. The van der Waals surface area contributed by atoms with E-state index in [9.17, 15) is 9.59 Å². The zero-order valence-corrected chi connectivity index (χ0v) is 18.1. The average Bonchev–Trinajstić information content (AvgIpc) is 3.36. The molecule has 1 atom stereocenters. The fourth-order valence-corrected chi connectivity index (χ4v) is 4.88. The molecule has 0 radical (unpaired) electrons. The first-order valence-corrected chi connectivity index (χ1v) is 11.1. The molecule has 4 rings (SSSR count). The smallest absolute Gasteiger partial charge is 0.310 e. The lowest BCUT2D eigenvalue weighted by Crippen LogP contribution is -2.43. The van der Waals surface area contributed by atoms with Gasteiger partial charge < -0.3 is 18.9 Å². The summed E-state index contributed by atoms with van der Waals surface area (Å²) in [5.74, 6) is 0.311. The molecule has 1 saturated heterocycles. The molecule has 3 aromatic rings. The SMILES string of the molecule is CCOC(=O)C1CCCN(C(=O)c2cc3sccc3n2Cc2cccc(OC)c2)C1. The molecule has 2 aromatic heterocycles. The number of aromatic nitrogens is 1. The van der Waals surface area contributed by atoms with Gasteiger partial charge in [-0.1, -0.05) is 12.1 Å². The predicted molar refractivity (Wildman–Crippen MR) is 117 cm³/mol. The number of carbonyl (C=O) groups excluding carboxylic acids is 2. The lowest BCUT2D eigenvalue weighted by Gasteiger charge is -2.31. The monoisotopic (exact) mass is 426 g/mol. The van der Waals surface area contributed by atoms with Crippen LogP contribution in [0.15, 0.2) is 41.8 Å². The van der Waals surface area contributed by atoms with Gasteiger partial charge in [0.2, 0.25) is 0 Å². The summed E-state index contributed by atoms with van der Waals surface area (Å²) in [6.07, 6.45) is 1.57. The Bertz CT molecular complexity index is 1050. The third-order valence-corrected chi connectivity index (χ3v) is 6.40. The standard InChI is InChI=1S/C23H26N2O4S/c1-3-29-23(27)17-7-5-10-24(15-17)22(26)20-13-21-19(9-11-30-21)25(20)14-16-6-4-8-18(12-16)28-2/h4,6,8-9,11-13,17H,3,5,7,10,14-15H2,1-2H3. The van der Waals surface area contributed by atoms with Gasteiger partial charge in [-0.15, -0.1) is 11.3 Å². The quantitative estimate of drug-likeness (QED) is 0.555. The number of hydrogen-bond donors (Lipinski definition) is 0. The molecule has 0 N–H and O–H groups in total. The van der Waals surface area contributed by atoms with E-state index in [0.717, 1.165) is 34.4 Å². The number of esters is 1. The number of rotatable bonds is 6. The number of nitrogens with zero attached hydrogens (tertiary/aromatic N) is 2. The summed E-state index contributed by atoms with van der Waals surface area (Å²) in [7, 11) is 1.65. The van der Waals surface area contributed by atoms with E-state index in [0.29, 0.717) is 31.9 Å². The van der Waals surface area contributed by atoms with Crippen molar-refractivity contribution >= 4 is 33.4 Å². The molecular formula is C23H26N2O4S. The zero-order chi connectivity index (χ0) is 21.1. The molecule has 3 heterocycles. The summed E-state index contributed by atoms with van der Waals surface area (Å²) in [5, 5.41) is 2.04. The van der Waals surface area contributed by atoms with E-state index < -0.39 is 0 Å². The zero-order valence-electron chi connectivity index (χ0n) is 17.3. The van der Waals surface area contributed by atoms with Crippen LogP contribution in [0.4, 0.5) is 0 Å². The fraction of sp³-hybridized carbons (Fsp3) is 0.391. The number of methoxy groups -OCH3 is 1. The normalized spacial score (nSPS) is 16.6. The summed E-state index contributed by atoms with van der Waals surface area (Å²) >= 11 is 1.63. The van der Waals surface area contributed by atoms with Crippen LogP contribution in [0.2, 0.25) is 0 Å². The molecule has 7 heteroatoms. The summed E-state index contributed by atoms with van der Waals surface area (Å²) in [5.41, 5.74) is 2.77. The van der Waals surface area contributed by atoms with Crippen molar-refractivity contribution in [3.05, 3.63) is 53.0 Å². The molecule has 6 nitrogen and oxygen atoms in total. The van der Waals surface area contributed by atoms with Crippen LogP contribution in [-0.2, 0) is 16.1 Å². The van der Waals surface area contributed by atoms with Crippen LogP contribution in [0.1, 0.15) is 35.8 Å². The largest absolute Gasteiger partial charge is 0.497 e. The number of ether oxygens (including phenoxy) is 2. The van der Waals surface area contributed by atoms with E-state index in [-0.39, 0.29) is 17.8 Å². The number of benzene rings is 1. The van der Waals surface area contributed by atoms with Gasteiger partial charge in [0.25, 0.3) is 5.91 Å². The third-order valence-electron chi connectivity index (χ3n) is 5.55. The number of hydrogen-bond acceptors (Lipinski definition) is 5. The molecule has 0 aliphatic carbocycles. The Kier molecular flexibility index (Phi) is 6.08. The Morgan fingerprint density at radius 1 is 1.23 bits per heavy atom. The first kappa shape index (κ1) is 20.5. The molecule has 1 aliphatic heterocycles. The van der Waals surface area contributed by atoms with Gasteiger partial charge in [-0.2, -0.15) is 0 Å². The van der Waals surface area contributed by atoms with Crippen LogP contribution in [0.5, 0.6) is 5.75 Å². The Morgan fingerprint density at radius 3 is 2.90 bits per heavy atom. The highest BCUT2D eigenvalue weighted by Crippen LogP contribution is 2.29. The van der Waals surface area contributed by atoms with E-state index in [1.54, 1.807) is 23.3 Å². The Balaban J connectivity index is 1.62. The van der Waals surface area contributed by atoms with Crippen molar-refractivity contribution in [1.82, 2.24) is 9.47 Å². The summed E-state index contributed by atoms with van der Waals surface area (Å²) in [4.78, 5) is 27.5. The first-order chi connectivity index (χ1) is 14.6. The van der Waals surface area contributed by atoms with Gasteiger partial charge in [0.15, 0.2) is 0 Å². The molecular weight excluding hydrogens is 400 g/mol. The van der Waals surface area contributed by atoms with E-state index in [2.05, 4.69) is 10.6 Å². The molecule has 30 heavy (non-hydrogen) atoms. The highest BCUT2D eigenvalue weighted by Gasteiger charge is 2.31. The predicted octanol–water partition coefficient (Wildman–Crippen LogP) is 4.18. The van der Waals surface area contributed by atoms with Crippen LogP contribution in [-0.4, -0.2) is 48.1 Å². The highest BCUT2D eigenvalue weighted by molar-refractivity contribution is 7.17. The van der Waals surface area contributed by atoms with Crippen molar-refractivity contribution in [3.63, 3.8) is 0 Å². The molecule has 0 saturated carbocycles. The molecule has 1 amide bonds. The van der Waals surface area contributed by atoms with Crippen LogP contribution >= 0.6 is 11.3 Å². The van der Waals surface area contributed by atoms with Crippen molar-refractivity contribution in [3.8, 4) is 5.75 Å². The summed E-state index contributed by atoms with van der Waals surface area (Å²) in [6, 6.07) is 11.9. The molecule has 1 unspecified atom stereocenters. The van der Waals surface area contributed by atoms with E-state index in [1.807, 2.05) is 42.6 Å². The average molecular weight is 427 g/mol. The van der Waals surface area contributed by atoms with Crippen molar-refractivity contribution < 1.29 is 19.1 Å². The molecule has 158 valence electrons. The van der Waals surface area contributed by atoms with Crippen molar-refractivity contribution in [2.24, 2.45) is 5.92 Å². The minimum absolute atomic E-state index is 0.0321. The van der Waals surface area contributed by atoms with Crippen LogP contribution in [0, 0.1) is 5.92 Å². The second kappa shape index (κ2) is 8.92. The lowest BCUT2D eigenvalue weighted by molar-refractivity contribution is -0.149. The number of fused-ring (bicyclic) bond motifs is 1. The van der Waals surface area contributed by atoms with Gasteiger partial charge in [0.1, 0.15) is 11.4 Å². The number of amides is 1. The Labute approximate surface area is 180 Å². The van der Waals surface area contributed by atoms with Gasteiger partial charge in [0.05, 0.1) is 29.9 Å². The van der Waals surface area contributed by atoms with Crippen LogP contribution < -0.4 is 4.74 Å². The van der Waals surface area contributed by atoms with E-state index >= 15 is 0 Å². The minimum Gasteiger partial charge on any atom is -0.497 e. The van der Waals surface area contributed by atoms with E-state index in [4.69, 9.17) is 9.47 Å². The number of thiophene rings is 1. The van der Waals surface area contributed by atoms with Gasteiger partial charge in [-0.3, -0.25) is 9.59 Å². The molecule has 1 aliphatic rings. The van der Waals surface area contributed by atoms with Crippen LogP contribution in [0.3, 0.4) is 0 Å². The summed E-state index contributed by atoms with van der Waals surface area (Å²) in [6.45, 7) is 3.82. The molecule has 0 bridgehead atoms. The minimum atomic E-state index is -0.245. The lowest BCUT2D eigenvalue weighted by atomic mass is 9.98. The van der Waals surface area contributed by atoms with Gasteiger partial charge in [-0.05, 0) is 55.0 Å². The van der Waals surface area contributed by atoms with Gasteiger partial charge in [0, 0.05) is 19.6 Å². The molecule has 1 fully saturated rings. The number of carbonyl (C=O) groups is 2. The Morgan fingerprint density at radius 2 is 2.10 bits per heavy atom. The van der Waals surface area contributed by atoms with Crippen molar-refractivity contribution in [2.75, 3.05) is 26.8 Å². The highest BCUT2D eigenvalue weighted by atomic mass is 32.1. The van der Waals surface area contributed by atoms with Crippen molar-refractivity contribution in [1.29, 1.82) is 0 Å². The maximum atomic E-state index is 13.5. The second-order valence-corrected chi connectivity index (χ2v) is 8.43. The topological polar surface area (TPSA) is 60.8 Å².